The molecule has 0 radical (unpaired) electrons. The molecule has 1 aromatic heterocycles. The maximum Gasteiger partial charge on any atom is 0.433 e. The number of phenolic OH excluding ortho intramolecular Hbond substituents is 1. The number of hydrazone groups is 1. The van der Waals surface area contributed by atoms with E-state index in [1.165, 1.54) is 11.8 Å². The molecular formula is C18H18F3N5O. The number of benzene rings is 1. The monoisotopic (exact) mass is 377 g/mol. The molecule has 142 valence electrons. The quantitative estimate of drug-likeness (QED) is 0.634. The van der Waals surface area contributed by atoms with Gasteiger partial charge in [0.2, 0.25) is 5.95 Å². The Balaban J connectivity index is 1.59. The maximum absolute atomic E-state index is 12.7. The Morgan fingerprint density at radius 1 is 1.22 bits per heavy atom. The van der Waals surface area contributed by atoms with E-state index in [0.29, 0.717) is 5.56 Å². The van der Waals surface area contributed by atoms with Gasteiger partial charge in [0.05, 0.1) is 6.21 Å². The van der Waals surface area contributed by atoms with Gasteiger partial charge in [0.15, 0.2) is 0 Å². The number of hydrogen-bond acceptors (Lipinski definition) is 6. The van der Waals surface area contributed by atoms with Gasteiger partial charge in [0.25, 0.3) is 0 Å². The summed E-state index contributed by atoms with van der Waals surface area (Å²) in [5.74, 6) is -0.0816. The predicted molar refractivity (Wildman–Crippen MR) is 95.2 cm³/mol. The Morgan fingerprint density at radius 3 is 2.78 bits per heavy atom. The first-order valence-corrected chi connectivity index (χ1v) is 8.75. The highest BCUT2D eigenvalue weighted by Gasteiger charge is 2.32. The molecule has 1 aromatic carbocycles. The Kier molecular flexibility index (Phi) is 4.37. The van der Waals surface area contributed by atoms with E-state index in [9.17, 15) is 18.3 Å². The number of aromatic nitrogens is 2. The Labute approximate surface area is 153 Å². The lowest BCUT2D eigenvalue weighted by Crippen LogP contribution is -2.34. The molecule has 0 fully saturated rings. The van der Waals surface area contributed by atoms with Crippen LogP contribution < -0.4 is 10.3 Å². The molecule has 9 heteroatoms. The molecule has 0 bridgehead atoms. The first-order chi connectivity index (χ1) is 12.9. The van der Waals surface area contributed by atoms with Crippen molar-refractivity contribution in [2.75, 3.05) is 23.4 Å². The number of aromatic hydroxyl groups is 1. The molecule has 6 nitrogen and oxygen atoms in total. The van der Waals surface area contributed by atoms with E-state index in [0.717, 1.165) is 62.3 Å². The van der Waals surface area contributed by atoms with E-state index in [2.05, 4.69) is 25.4 Å². The van der Waals surface area contributed by atoms with Crippen molar-refractivity contribution in [3.63, 3.8) is 0 Å². The van der Waals surface area contributed by atoms with Crippen molar-refractivity contribution in [2.45, 2.75) is 31.9 Å². The van der Waals surface area contributed by atoms with Gasteiger partial charge >= 0.3 is 6.18 Å². The van der Waals surface area contributed by atoms with Crippen LogP contribution in [0.4, 0.5) is 24.8 Å². The number of rotatable bonds is 3. The third-order valence-electron chi connectivity index (χ3n) is 4.84. The second kappa shape index (κ2) is 6.71. The van der Waals surface area contributed by atoms with Crippen molar-refractivity contribution < 1.29 is 18.3 Å². The number of anilines is 2. The fourth-order valence-electron chi connectivity index (χ4n) is 3.70. The van der Waals surface area contributed by atoms with E-state index in [1.54, 1.807) is 0 Å². The van der Waals surface area contributed by atoms with E-state index in [1.807, 2.05) is 6.07 Å². The number of alkyl halides is 3. The van der Waals surface area contributed by atoms with Gasteiger partial charge in [0, 0.05) is 36.1 Å². The average Bonchev–Trinajstić information content (AvgIpc) is 2.65. The van der Waals surface area contributed by atoms with Gasteiger partial charge in [0.1, 0.15) is 11.4 Å². The highest BCUT2D eigenvalue weighted by Crippen LogP contribution is 2.41. The van der Waals surface area contributed by atoms with Crippen molar-refractivity contribution >= 4 is 17.9 Å². The molecule has 3 heterocycles. The van der Waals surface area contributed by atoms with Crippen LogP contribution in [0, 0.1) is 0 Å². The second-order valence-corrected chi connectivity index (χ2v) is 6.63. The lowest BCUT2D eigenvalue weighted by molar-refractivity contribution is -0.141. The fourth-order valence-corrected chi connectivity index (χ4v) is 3.70. The number of nitrogens with zero attached hydrogens (tertiary/aromatic N) is 4. The summed E-state index contributed by atoms with van der Waals surface area (Å²) in [6.07, 6.45) is 1.64. The summed E-state index contributed by atoms with van der Waals surface area (Å²) in [4.78, 5) is 9.43. The summed E-state index contributed by atoms with van der Waals surface area (Å²) in [6, 6.07) is 2.69. The minimum atomic E-state index is -4.55. The van der Waals surface area contributed by atoms with Crippen LogP contribution in [0.25, 0.3) is 0 Å². The highest BCUT2D eigenvalue weighted by molar-refractivity contribution is 5.88. The van der Waals surface area contributed by atoms with Crippen LogP contribution in [0.1, 0.15) is 35.2 Å². The minimum Gasteiger partial charge on any atom is -0.507 e. The van der Waals surface area contributed by atoms with Gasteiger partial charge in [-0.05, 0) is 43.4 Å². The van der Waals surface area contributed by atoms with Gasteiger partial charge in [-0.25, -0.2) is 15.4 Å². The van der Waals surface area contributed by atoms with Gasteiger partial charge < -0.3 is 10.0 Å². The molecule has 4 rings (SSSR count). The fraction of sp³-hybridized carbons (Fsp3) is 0.389. The molecule has 0 atom stereocenters. The molecule has 0 unspecified atom stereocenters. The van der Waals surface area contributed by atoms with Crippen LogP contribution in [0.3, 0.4) is 0 Å². The normalized spacial score (nSPS) is 16.5. The van der Waals surface area contributed by atoms with Crippen LogP contribution in [0.15, 0.2) is 23.4 Å². The topological polar surface area (TPSA) is 73.6 Å². The van der Waals surface area contributed by atoms with Crippen molar-refractivity contribution in [1.29, 1.82) is 0 Å². The lowest BCUT2D eigenvalue weighted by Gasteiger charge is -2.37. The van der Waals surface area contributed by atoms with Crippen molar-refractivity contribution in [3.8, 4) is 5.75 Å². The highest BCUT2D eigenvalue weighted by atomic mass is 19.4. The van der Waals surface area contributed by atoms with Crippen LogP contribution in [-0.2, 0) is 19.0 Å². The molecule has 2 aliphatic rings. The summed E-state index contributed by atoms with van der Waals surface area (Å²) in [7, 11) is 0. The van der Waals surface area contributed by atoms with Gasteiger partial charge in [-0.1, -0.05) is 0 Å². The summed E-state index contributed by atoms with van der Waals surface area (Å²) < 4.78 is 38.1. The zero-order chi connectivity index (χ0) is 19.0. The Hall–Kier alpha value is -2.84. The van der Waals surface area contributed by atoms with Crippen LogP contribution in [-0.4, -0.2) is 34.4 Å². The van der Waals surface area contributed by atoms with E-state index in [4.69, 9.17) is 0 Å². The van der Waals surface area contributed by atoms with Crippen LogP contribution in [0.5, 0.6) is 5.75 Å². The third kappa shape index (κ3) is 3.41. The molecule has 0 saturated heterocycles. The zero-order valence-corrected chi connectivity index (χ0v) is 14.4. The summed E-state index contributed by atoms with van der Waals surface area (Å²) in [5.41, 5.74) is 5.12. The lowest BCUT2D eigenvalue weighted by atomic mass is 9.89. The maximum atomic E-state index is 12.7. The number of hydrogen-bond donors (Lipinski definition) is 2. The molecule has 0 saturated carbocycles. The third-order valence-corrected chi connectivity index (χ3v) is 4.84. The number of phenols is 1. The van der Waals surface area contributed by atoms with Crippen LogP contribution in [0.2, 0.25) is 0 Å². The molecule has 2 N–H and O–H groups in total. The van der Waals surface area contributed by atoms with Crippen molar-refractivity contribution in [2.24, 2.45) is 5.10 Å². The zero-order valence-electron chi connectivity index (χ0n) is 14.4. The van der Waals surface area contributed by atoms with Gasteiger partial charge in [-0.2, -0.15) is 18.3 Å². The van der Waals surface area contributed by atoms with Gasteiger partial charge in [-0.15, -0.1) is 0 Å². The smallest absolute Gasteiger partial charge is 0.433 e. The van der Waals surface area contributed by atoms with E-state index < -0.39 is 11.9 Å². The molecule has 0 aliphatic carbocycles. The minimum absolute atomic E-state index is 0.177. The van der Waals surface area contributed by atoms with Crippen molar-refractivity contribution in [1.82, 2.24) is 9.97 Å². The number of halogens is 3. The summed E-state index contributed by atoms with van der Waals surface area (Å²) >= 11 is 0. The molecule has 0 amide bonds. The second-order valence-electron chi connectivity index (χ2n) is 6.63. The van der Waals surface area contributed by atoms with Crippen LogP contribution >= 0.6 is 0 Å². The largest absolute Gasteiger partial charge is 0.507 e. The SMILES string of the molecule is Oc1c(/C=N/Nc2nccc(C(F)(F)F)n2)cc2c3c1CCCN3CCC2. The summed E-state index contributed by atoms with van der Waals surface area (Å²) in [6.45, 7) is 2.00. The van der Waals surface area contributed by atoms with E-state index in [-0.39, 0.29) is 11.7 Å². The summed E-state index contributed by atoms with van der Waals surface area (Å²) in [5, 5.41) is 14.5. The average molecular weight is 377 g/mol. The first kappa shape index (κ1) is 17.6. The molecule has 2 aliphatic heterocycles. The Morgan fingerprint density at radius 2 is 2.00 bits per heavy atom. The number of aryl methyl sites for hydroxylation is 1. The molecule has 0 spiro atoms. The van der Waals surface area contributed by atoms with Crippen molar-refractivity contribution in [3.05, 3.63) is 40.7 Å². The predicted octanol–water partition coefficient (Wildman–Crippen LogP) is 3.35. The Bertz CT molecular complexity index is 895. The number of nitrogens with one attached hydrogen (secondary N) is 1. The molecule has 27 heavy (non-hydrogen) atoms. The molecular weight excluding hydrogens is 359 g/mol. The molecule has 2 aromatic rings. The van der Waals surface area contributed by atoms with Gasteiger partial charge in [-0.3, -0.25) is 0 Å². The standard InChI is InChI=1S/C18H18F3N5O/c19-18(20,21)14-5-6-22-17(24-14)25-23-10-12-9-11-3-1-7-26-8-2-4-13(15(11)26)16(12)27/h5-6,9-10,27H,1-4,7-8H2,(H,22,24,25)/b23-10+. The van der Waals surface area contributed by atoms with E-state index >= 15 is 0 Å². The first-order valence-electron chi connectivity index (χ1n) is 8.75.